The summed E-state index contributed by atoms with van der Waals surface area (Å²) < 4.78 is 23.9. The summed E-state index contributed by atoms with van der Waals surface area (Å²) >= 11 is 6.30. The normalized spacial score (nSPS) is 13.1. The fourth-order valence-corrected chi connectivity index (χ4v) is 4.27. The van der Waals surface area contributed by atoms with Gasteiger partial charge in [-0.25, -0.2) is 24.6 Å². The molecule has 0 aromatic carbocycles. The minimum Gasteiger partial charge on any atom is -0.467 e. The Morgan fingerprint density at radius 1 is 1.18 bits per heavy atom. The Kier molecular flexibility index (Phi) is 10.1. The van der Waals surface area contributed by atoms with Crippen LogP contribution in [0.2, 0.25) is 5.15 Å². The Bertz CT molecular complexity index is 1280. The Balaban J connectivity index is 1.69. The number of ether oxygens (including phenoxy) is 4. The number of alkyl carbamates (subject to hydrolysis) is 1. The highest BCUT2D eigenvalue weighted by Gasteiger charge is 2.26. The van der Waals surface area contributed by atoms with Gasteiger partial charge in [-0.05, 0) is 57.7 Å². The zero-order valence-electron chi connectivity index (χ0n) is 23.4. The average molecular weight is 581 g/mol. The van der Waals surface area contributed by atoms with Crippen molar-refractivity contribution < 1.29 is 28.5 Å². The van der Waals surface area contributed by atoms with Crippen LogP contribution in [0.25, 0.3) is 11.0 Å². The topological polar surface area (TPSA) is 114 Å². The molecule has 0 saturated carbocycles. The number of aromatic nitrogens is 3. The van der Waals surface area contributed by atoms with Gasteiger partial charge in [0.15, 0.2) is 0 Å². The van der Waals surface area contributed by atoms with E-state index in [1.54, 1.807) is 39.0 Å². The second-order valence-corrected chi connectivity index (χ2v) is 15.8. The number of halogens is 1. The van der Waals surface area contributed by atoms with Crippen molar-refractivity contribution >= 4 is 44.7 Å². The molecular formula is C27H37ClN4O6S. The molecule has 0 bridgehead atoms. The van der Waals surface area contributed by atoms with Gasteiger partial charge in [0, 0.05) is 30.1 Å². The number of carbonyl (C=O) groups is 2. The molecule has 39 heavy (non-hydrogen) atoms. The first-order valence-corrected chi connectivity index (χ1v) is 15.7. The Morgan fingerprint density at radius 2 is 1.92 bits per heavy atom. The number of carbonyl (C=O) groups excluding carboxylic acids is 2. The fraction of sp³-hybridized carbons (Fsp3) is 0.481. The highest BCUT2D eigenvalue weighted by Crippen LogP contribution is 2.34. The van der Waals surface area contributed by atoms with Crippen molar-refractivity contribution in [3.63, 3.8) is 0 Å². The lowest BCUT2D eigenvalue weighted by Crippen LogP contribution is -2.45. The third-order valence-corrected chi connectivity index (χ3v) is 6.93. The molecule has 1 amide bonds. The number of nitrogens with zero attached hydrogens (tertiary/aromatic N) is 3. The lowest BCUT2D eigenvalue weighted by atomic mass is 10.1. The van der Waals surface area contributed by atoms with Crippen LogP contribution in [0.15, 0.2) is 36.7 Å². The Hall–Kier alpha value is -3.02. The molecule has 214 valence electrons. The third-order valence-electron chi connectivity index (χ3n) is 5.35. The number of hydrogen-bond acceptors (Lipinski definition) is 8. The van der Waals surface area contributed by atoms with E-state index in [0.29, 0.717) is 36.2 Å². The van der Waals surface area contributed by atoms with Crippen molar-refractivity contribution in [3.05, 3.63) is 47.5 Å². The van der Waals surface area contributed by atoms with Crippen molar-refractivity contribution in [2.45, 2.75) is 45.6 Å². The highest BCUT2D eigenvalue weighted by molar-refractivity contribution is 8.32. The van der Waals surface area contributed by atoms with Crippen LogP contribution >= 0.6 is 21.6 Å². The second-order valence-electron chi connectivity index (χ2n) is 10.8. The van der Waals surface area contributed by atoms with Crippen LogP contribution in [0.1, 0.15) is 26.5 Å². The second kappa shape index (κ2) is 12.9. The van der Waals surface area contributed by atoms with E-state index >= 15 is 0 Å². The van der Waals surface area contributed by atoms with Gasteiger partial charge in [-0.15, -0.1) is 0 Å². The number of methoxy groups -OCH3 is 1. The SMILES string of the molecule is COC(=O)[C@H](Cc1ccc(Oc2cc(Cl)nc3c2ccn3COCCS(C)(C)C)cn1)NC(=O)OC(C)(C)C. The van der Waals surface area contributed by atoms with Crippen LogP contribution in [0, 0.1) is 0 Å². The van der Waals surface area contributed by atoms with Crippen LogP contribution in [0.4, 0.5) is 4.79 Å². The molecule has 3 rings (SSSR count). The summed E-state index contributed by atoms with van der Waals surface area (Å²) in [6.07, 6.45) is 9.58. The number of hydrogen-bond donors (Lipinski definition) is 1. The van der Waals surface area contributed by atoms with Gasteiger partial charge in [0.05, 0.1) is 25.3 Å². The first kappa shape index (κ1) is 30.5. The maximum absolute atomic E-state index is 12.2. The fourth-order valence-electron chi connectivity index (χ4n) is 3.47. The zero-order valence-corrected chi connectivity index (χ0v) is 25.0. The summed E-state index contributed by atoms with van der Waals surface area (Å²) in [5.74, 6) is 1.41. The molecule has 1 N–H and O–H groups in total. The van der Waals surface area contributed by atoms with Gasteiger partial charge in [0.1, 0.15) is 40.7 Å². The van der Waals surface area contributed by atoms with Gasteiger partial charge in [-0.1, -0.05) is 11.6 Å². The number of pyridine rings is 2. The molecule has 3 aromatic rings. The van der Waals surface area contributed by atoms with Crippen molar-refractivity contribution in [2.75, 3.05) is 38.2 Å². The largest absolute Gasteiger partial charge is 0.467 e. The summed E-state index contributed by atoms with van der Waals surface area (Å²) in [6, 6.07) is 6.01. The maximum Gasteiger partial charge on any atom is 0.408 e. The molecule has 3 aromatic heterocycles. The van der Waals surface area contributed by atoms with Crippen LogP contribution in [-0.4, -0.2) is 76.5 Å². The van der Waals surface area contributed by atoms with Gasteiger partial charge >= 0.3 is 12.1 Å². The lowest BCUT2D eigenvalue weighted by Gasteiger charge is -2.24. The molecule has 0 aliphatic rings. The first-order valence-electron chi connectivity index (χ1n) is 12.3. The van der Waals surface area contributed by atoms with E-state index in [1.807, 2.05) is 16.8 Å². The number of esters is 1. The molecule has 0 aliphatic heterocycles. The van der Waals surface area contributed by atoms with Crippen LogP contribution in [-0.2, 0) is 32.2 Å². The van der Waals surface area contributed by atoms with E-state index in [1.165, 1.54) is 13.3 Å². The standard InChI is InChI=1S/C27H37ClN4O6S/c1-27(2,3)38-26(34)30-21(25(33)35-4)14-18-8-9-19(16-29-18)37-22-15-23(28)31-24-20(22)10-11-32(24)17-36-12-13-39(5,6)7/h8-11,15-16,21H,12-14,17H2,1-7H3,(H,30,34)/t21-/m0/s1. The lowest BCUT2D eigenvalue weighted by molar-refractivity contribution is -0.143. The zero-order chi connectivity index (χ0) is 28.8. The predicted octanol–water partition coefficient (Wildman–Crippen LogP) is 5.15. The molecule has 0 unspecified atom stereocenters. The summed E-state index contributed by atoms with van der Waals surface area (Å²) in [6.45, 7) is 6.25. The molecule has 0 saturated heterocycles. The van der Waals surface area contributed by atoms with E-state index in [2.05, 4.69) is 34.1 Å². The van der Waals surface area contributed by atoms with Crippen molar-refractivity contribution in [3.8, 4) is 11.5 Å². The minimum atomic E-state index is -0.963. The predicted molar refractivity (Wildman–Crippen MR) is 154 cm³/mol. The van der Waals surface area contributed by atoms with E-state index in [9.17, 15) is 9.59 Å². The number of fused-ring (bicyclic) bond motifs is 1. The molecule has 0 spiro atoms. The van der Waals surface area contributed by atoms with Crippen LogP contribution in [0.5, 0.6) is 11.5 Å². The molecule has 12 heteroatoms. The third kappa shape index (κ3) is 9.59. The Labute approximate surface area is 235 Å². The van der Waals surface area contributed by atoms with E-state index < -0.39 is 33.7 Å². The molecule has 3 heterocycles. The van der Waals surface area contributed by atoms with Gasteiger partial charge < -0.3 is 28.8 Å². The summed E-state index contributed by atoms with van der Waals surface area (Å²) in [4.78, 5) is 33.3. The molecule has 1 atom stereocenters. The monoisotopic (exact) mass is 580 g/mol. The quantitative estimate of drug-likeness (QED) is 0.188. The summed E-state index contributed by atoms with van der Waals surface area (Å²) in [7, 11) is 0.626. The van der Waals surface area contributed by atoms with E-state index in [-0.39, 0.29) is 11.6 Å². The van der Waals surface area contributed by atoms with Gasteiger partial charge in [0.25, 0.3) is 0 Å². The molecule has 0 fully saturated rings. The van der Waals surface area contributed by atoms with Crippen molar-refractivity contribution in [2.24, 2.45) is 0 Å². The highest BCUT2D eigenvalue weighted by atomic mass is 35.5. The maximum atomic E-state index is 12.2. The van der Waals surface area contributed by atoms with Gasteiger partial charge in [-0.2, -0.15) is 0 Å². The van der Waals surface area contributed by atoms with Crippen molar-refractivity contribution in [1.82, 2.24) is 19.9 Å². The van der Waals surface area contributed by atoms with Crippen molar-refractivity contribution in [1.29, 1.82) is 0 Å². The molecule has 0 radical (unpaired) electrons. The molecule has 0 aliphatic carbocycles. The summed E-state index contributed by atoms with van der Waals surface area (Å²) in [5, 5.41) is 3.61. The van der Waals surface area contributed by atoms with E-state index in [0.717, 1.165) is 11.1 Å². The van der Waals surface area contributed by atoms with Crippen LogP contribution < -0.4 is 10.1 Å². The van der Waals surface area contributed by atoms with Crippen LogP contribution in [0.3, 0.4) is 0 Å². The summed E-state index contributed by atoms with van der Waals surface area (Å²) in [5.41, 5.74) is 0.496. The smallest absolute Gasteiger partial charge is 0.408 e. The number of nitrogens with one attached hydrogen (secondary N) is 1. The number of rotatable bonds is 11. The minimum absolute atomic E-state index is 0.108. The van der Waals surface area contributed by atoms with Gasteiger partial charge in [-0.3, -0.25) is 4.98 Å². The van der Waals surface area contributed by atoms with Gasteiger partial charge in [0.2, 0.25) is 0 Å². The van der Waals surface area contributed by atoms with E-state index in [4.69, 9.17) is 30.5 Å². The average Bonchev–Trinajstić information content (AvgIpc) is 3.23. The molecular weight excluding hydrogens is 544 g/mol. The molecule has 10 nitrogen and oxygen atoms in total. The number of amides is 1. The first-order chi connectivity index (χ1) is 18.2. The Morgan fingerprint density at radius 3 is 2.54 bits per heavy atom.